The molecule has 1 aliphatic heterocycles. The maximum atomic E-state index is 5.51. The van der Waals surface area contributed by atoms with Crippen LogP contribution in [0.25, 0.3) is 0 Å². The fraction of sp³-hybridized carbons (Fsp3) is 1.00. The van der Waals surface area contributed by atoms with Gasteiger partial charge in [0.05, 0.1) is 12.1 Å². The van der Waals surface area contributed by atoms with Crippen molar-refractivity contribution in [3.63, 3.8) is 0 Å². The molecule has 0 spiro atoms. The first kappa shape index (κ1) is 7.82. The smallest absolute Gasteiger partial charge is 0.238 e. The maximum Gasteiger partial charge on any atom is 0.238 e. The van der Waals surface area contributed by atoms with Gasteiger partial charge >= 0.3 is 0 Å². The monoisotopic (exact) mass is 238 g/mol. The fourth-order valence-corrected chi connectivity index (χ4v) is 1.32. The summed E-state index contributed by atoms with van der Waals surface area (Å²) in [6.07, 6.45) is 0.370. The highest BCUT2D eigenvalue weighted by molar-refractivity contribution is 14.1. The van der Waals surface area contributed by atoms with E-state index in [1.807, 2.05) is 0 Å². The lowest BCUT2D eigenvalue weighted by Gasteiger charge is -2.27. The van der Waals surface area contributed by atoms with Crippen LogP contribution in [0.4, 0.5) is 0 Å². The Morgan fingerprint density at radius 3 is 2.89 bits per heavy atom. The minimum absolute atomic E-state index is 0.314. The normalized spacial score (nSPS) is 36.2. The second kappa shape index (κ2) is 3.78. The molecule has 0 aliphatic carbocycles. The van der Waals surface area contributed by atoms with E-state index in [4.69, 9.17) is 4.74 Å². The van der Waals surface area contributed by atoms with Crippen LogP contribution in [-0.4, -0.2) is 30.3 Å². The zero-order valence-corrected chi connectivity index (χ0v) is 7.59. The van der Waals surface area contributed by atoms with Crippen LogP contribution in [0.15, 0.2) is 0 Å². The van der Waals surface area contributed by atoms with Gasteiger partial charge in [-0.1, -0.05) is 0 Å². The lowest BCUT2D eigenvalue weighted by molar-refractivity contribution is 0.0158. The number of nitrogens with one attached hydrogen (secondary N) is 1. The molecule has 0 aromatic rings. The molecule has 1 fully saturated rings. The van der Waals surface area contributed by atoms with Gasteiger partial charge in [0.25, 0.3) is 0 Å². The molecule has 1 saturated heterocycles. The van der Waals surface area contributed by atoms with Gasteiger partial charge in [-0.2, -0.15) is 22.4 Å². The number of halogens is 1. The molecule has 0 amide bonds. The van der Waals surface area contributed by atoms with Crippen LogP contribution < -0.4 is 5.32 Å². The van der Waals surface area contributed by atoms with Gasteiger partial charge in [-0.25, -0.2) is 0 Å². The Kier molecular flexibility index (Phi) is 3.28. The summed E-state index contributed by atoms with van der Waals surface area (Å²) in [6.45, 7) is 4.04. The van der Waals surface area contributed by atoms with Gasteiger partial charge in [0.1, 0.15) is 0 Å². The Hall–Kier alpha value is 0.715. The summed E-state index contributed by atoms with van der Waals surface area (Å²) in [7, 11) is 0. The Morgan fingerprint density at radius 2 is 2.44 bits per heavy atom. The molecule has 4 heteroatoms. The van der Waals surface area contributed by atoms with Crippen molar-refractivity contribution in [2.24, 2.45) is 0 Å². The summed E-state index contributed by atoms with van der Waals surface area (Å²) in [5.74, 6) is 0. The van der Waals surface area contributed by atoms with Crippen LogP contribution in [0.3, 0.4) is 0 Å². The van der Waals surface area contributed by atoms with Crippen LogP contribution in [0.5, 0.6) is 0 Å². The minimum Gasteiger partial charge on any atom is -0.381 e. The molecule has 0 aromatic carbocycles. The van der Waals surface area contributed by atoms with E-state index in [2.05, 4.69) is 39.8 Å². The topological polar surface area (TPSA) is 21.3 Å². The highest BCUT2D eigenvalue weighted by Gasteiger charge is 2.17. The Morgan fingerprint density at radius 1 is 1.67 bits per heavy atom. The van der Waals surface area contributed by atoms with E-state index in [1.54, 1.807) is 0 Å². The minimum atomic E-state index is 0.314. The van der Waals surface area contributed by atoms with Gasteiger partial charge < -0.3 is 10.1 Å². The quantitative estimate of drug-likeness (QED) is 0.526. The van der Waals surface area contributed by atoms with E-state index >= 15 is 0 Å². The van der Waals surface area contributed by atoms with E-state index in [1.165, 1.54) is 0 Å². The Bertz CT molecular complexity index is 93.0. The van der Waals surface area contributed by atoms with Gasteiger partial charge in [0.15, 0.2) is 0 Å². The number of hydrogen-bond donors (Lipinski definition) is 1. The maximum absolute atomic E-state index is 5.51. The van der Waals surface area contributed by atoms with Gasteiger partial charge in [-0.15, -0.1) is 0 Å². The molecule has 1 rings (SSSR count). The molecule has 1 N–H and O–H groups in total. The molecular weight excluding hydrogens is 228 g/mol. The summed E-state index contributed by atoms with van der Waals surface area (Å²) in [5.41, 5.74) is 0. The van der Waals surface area contributed by atoms with E-state index in [9.17, 15) is 0 Å². The molecular formula is C5H10BINO. The van der Waals surface area contributed by atoms with Crippen molar-refractivity contribution in [1.29, 1.82) is 0 Å². The van der Waals surface area contributed by atoms with Gasteiger partial charge in [-0.3, -0.25) is 0 Å². The first-order valence-electron chi connectivity index (χ1n) is 3.12. The zero-order valence-electron chi connectivity index (χ0n) is 5.43. The molecule has 0 bridgehead atoms. The van der Waals surface area contributed by atoms with Crippen LogP contribution >= 0.6 is 22.4 Å². The Labute approximate surface area is 69.8 Å². The van der Waals surface area contributed by atoms with Crippen molar-refractivity contribution in [2.45, 2.75) is 19.0 Å². The molecule has 2 unspecified atom stereocenters. The van der Waals surface area contributed by atoms with Crippen molar-refractivity contribution in [2.75, 3.05) is 13.1 Å². The van der Waals surface area contributed by atoms with Crippen molar-refractivity contribution in [3.8, 4) is 0 Å². The first-order valence-corrected chi connectivity index (χ1v) is 4.37. The third-order valence-corrected chi connectivity index (χ3v) is 2.13. The molecule has 1 heterocycles. The standard InChI is InChI=1S/C5H10BINO/c1-4-2-8-3-5(6-7)9-4/h4-5,8H,2-3H2,1H3. The molecule has 1 radical (unpaired) electrons. The predicted octanol–water partition coefficient (Wildman–Crippen LogP) is 0.375. The van der Waals surface area contributed by atoms with Crippen molar-refractivity contribution in [1.82, 2.24) is 5.32 Å². The number of morpholine rings is 1. The Balaban J connectivity index is 2.23. The lowest BCUT2D eigenvalue weighted by Crippen LogP contribution is -2.44. The second-order valence-corrected chi connectivity index (χ2v) is 2.99. The van der Waals surface area contributed by atoms with Gasteiger partial charge in [0, 0.05) is 13.1 Å². The third kappa shape index (κ3) is 2.43. The van der Waals surface area contributed by atoms with Crippen molar-refractivity contribution < 1.29 is 4.74 Å². The van der Waals surface area contributed by atoms with Gasteiger partial charge in [0.2, 0.25) is 5.14 Å². The highest BCUT2D eigenvalue weighted by Crippen LogP contribution is 2.03. The lowest BCUT2D eigenvalue weighted by atomic mass is 9.98. The molecule has 51 valence electrons. The van der Waals surface area contributed by atoms with E-state index in [-0.39, 0.29) is 0 Å². The van der Waals surface area contributed by atoms with Crippen molar-refractivity contribution >= 4 is 27.5 Å². The van der Waals surface area contributed by atoms with Gasteiger partial charge in [-0.05, 0) is 6.92 Å². The average Bonchev–Trinajstić information content (AvgIpc) is 1.88. The third-order valence-electron chi connectivity index (χ3n) is 1.32. The molecule has 2 nitrogen and oxygen atoms in total. The molecule has 2 atom stereocenters. The summed E-state index contributed by atoms with van der Waals surface area (Å²) in [4.78, 5) is 0. The van der Waals surface area contributed by atoms with E-state index in [0.717, 1.165) is 13.1 Å². The largest absolute Gasteiger partial charge is 0.381 e. The fourth-order valence-electron chi connectivity index (χ4n) is 0.898. The SMILES string of the molecule is CC1CNCC([B]I)O1. The molecule has 0 aromatic heterocycles. The molecule has 1 aliphatic rings. The number of rotatable bonds is 1. The number of hydrogen-bond acceptors (Lipinski definition) is 2. The van der Waals surface area contributed by atoms with E-state index in [0.29, 0.717) is 12.1 Å². The molecule has 9 heavy (non-hydrogen) atoms. The van der Waals surface area contributed by atoms with Crippen LogP contribution in [0.1, 0.15) is 6.92 Å². The highest BCUT2D eigenvalue weighted by atomic mass is 127. The van der Waals surface area contributed by atoms with E-state index < -0.39 is 0 Å². The summed E-state index contributed by atoms with van der Waals surface area (Å²) in [5, 5.41) is 5.33. The first-order chi connectivity index (χ1) is 4.33. The predicted molar refractivity (Wildman–Crippen MR) is 47.0 cm³/mol. The number of ether oxygens (including phenoxy) is 1. The zero-order chi connectivity index (χ0) is 6.69. The summed E-state index contributed by atoms with van der Waals surface area (Å²) in [6, 6.07) is 0.314. The second-order valence-electron chi connectivity index (χ2n) is 2.27. The van der Waals surface area contributed by atoms with Crippen LogP contribution in [0.2, 0.25) is 0 Å². The van der Waals surface area contributed by atoms with Crippen molar-refractivity contribution in [3.05, 3.63) is 0 Å². The molecule has 0 saturated carbocycles. The average molecular weight is 238 g/mol. The van der Waals surface area contributed by atoms with Crippen LogP contribution in [-0.2, 0) is 4.74 Å². The van der Waals surface area contributed by atoms with Crippen LogP contribution in [0, 0.1) is 0 Å². The summed E-state index contributed by atoms with van der Waals surface area (Å²) < 4.78 is 5.51. The summed E-state index contributed by atoms with van der Waals surface area (Å²) >= 11 is 2.23.